The number of anilines is 2. The first-order valence-electron chi connectivity index (χ1n) is 9.19. The first-order valence-corrected chi connectivity index (χ1v) is 10.7. The van der Waals surface area contributed by atoms with E-state index in [9.17, 15) is 13.2 Å². The highest BCUT2D eigenvalue weighted by atomic mass is 32.2. The quantitative estimate of drug-likeness (QED) is 0.611. The van der Waals surface area contributed by atoms with Crippen molar-refractivity contribution in [2.45, 2.75) is 6.92 Å². The van der Waals surface area contributed by atoms with Crippen molar-refractivity contribution >= 4 is 33.0 Å². The Morgan fingerprint density at radius 1 is 0.867 bits per heavy atom. The molecule has 0 unspecified atom stereocenters. The lowest BCUT2D eigenvalue weighted by Crippen LogP contribution is -2.39. The number of ether oxygens (including phenoxy) is 1. The van der Waals surface area contributed by atoms with Gasteiger partial charge >= 0.3 is 6.03 Å². The van der Waals surface area contributed by atoms with E-state index >= 15 is 0 Å². The van der Waals surface area contributed by atoms with Crippen LogP contribution in [0.3, 0.4) is 0 Å². The number of allylic oxidation sites excluding steroid dienone is 1. The van der Waals surface area contributed by atoms with E-state index in [4.69, 9.17) is 4.74 Å². The second-order valence-corrected chi connectivity index (χ2v) is 8.02. The number of sulfonamides is 1. The summed E-state index contributed by atoms with van der Waals surface area (Å²) in [6.45, 7) is 1.66. The van der Waals surface area contributed by atoms with Gasteiger partial charge in [-0.3, -0.25) is 4.90 Å². The van der Waals surface area contributed by atoms with Crippen LogP contribution in [-0.2, 0) is 10.0 Å². The molecule has 3 rings (SSSR count). The van der Waals surface area contributed by atoms with Gasteiger partial charge in [0.05, 0.1) is 23.9 Å². The summed E-state index contributed by atoms with van der Waals surface area (Å²) in [5, 5.41) is 1.04. The highest BCUT2D eigenvalue weighted by Crippen LogP contribution is 2.25. The topological polar surface area (TPSA) is 75.7 Å². The third-order valence-electron chi connectivity index (χ3n) is 4.34. The number of hydrogen-bond donors (Lipinski definition) is 1. The zero-order chi connectivity index (χ0) is 21.6. The largest absolute Gasteiger partial charge is 0.497 e. The van der Waals surface area contributed by atoms with E-state index in [-0.39, 0.29) is 0 Å². The molecular formula is C23H22N2O4S. The predicted octanol–water partition coefficient (Wildman–Crippen LogP) is 4.93. The maximum absolute atomic E-state index is 13.0. The lowest BCUT2D eigenvalue weighted by molar-refractivity contribution is 0.253. The number of para-hydroxylation sites is 2. The highest BCUT2D eigenvalue weighted by Gasteiger charge is 2.22. The van der Waals surface area contributed by atoms with Crippen LogP contribution in [0.4, 0.5) is 16.2 Å². The number of methoxy groups -OCH3 is 1. The summed E-state index contributed by atoms with van der Waals surface area (Å²) in [4.78, 5) is 14.3. The molecule has 0 spiro atoms. The Morgan fingerprint density at radius 3 is 1.83 bits per heavy atom. The molecule has 0 saturated heterocycles. The predicted molar refractivity (Wildman–Crippen MR) is 119 cm³/mol. The van der Waals surface area contributed by atoms with E-state index in [1.807, 2.05) is 12.1 Å². The van der Waals surface area contributed by atoms with E-state index in [0.29, 0.717) is 28.3 Å². The summed E-state index contributed by atoms with van der Waals surface area (Å²) in [6.07, 6.45) is 0. The van der Waals surface area contributed by atoms with E-state index in [1.54, 1.807) is 86.8 Å². The number of rotatable bonds is 6. The normalized spacial score (nSPS) is 11.6. The minimum Gasteiger partial charge on any atom is -0.497 e. The molecule has 0 aliphatic carbocycles. The molecule has 154 valence electrons. The Labute approximate surface area is 176 Å². The molecule has 0 atom stereocenters. The molecule has 0 aromatic heterocycles. The molecule has 3 aromatic carbocycles. The van der Waals surface area contributed by atoms with Crippen LogP contribution in [0.5, 0.6) is 5.75 Å². The first-order chi connectivity index (χ1) is 14.4. The summed E-state index contributed by atoms with van der Waals surface area (Å²) in [5.74, 6) is 0.670. The van der Waals surface area contributed by atoms with Gasteiger partial charge < -0.3 is 4.74 Å². The van der Waals surface area contributed by atoms with Crippen LogP contribution in [0.2, 0.25) is 0 Å². The molecule has 1 N–H and O–H groups in total. The van der Waals surface area contributed by atoms with Crippen LogP contribution in [0.1, 0.15) is 12.5 Å². The molecule has 0 radical (unpaired) electrons. The van der Waals surface area contributed by atoms with Crippen molar-refractivity contribution < 1.29 is 17.9 Å². The standard InChI is InChI=1S/C23H22N2O4S/c1-18(19-13-15-22(29-2)16-14-19)17-30(27,28)24-23(26)25(20-9-5-3-6-10-20)21-11-7-4-8-12-21/h3-17H,1-2H3,(H,24,26). The minimum atomic E-state index is -4.04. The van der Waals surface area contributed by atoms with Gasteiger partial charge in [0.2, 0.25) is 0 Å². The zero-order valence-corrected chi connectivity index (χ0v) is 17.5. The van der Waals surface area contributed by atoms with Crippen molar-refractivity contribution in [3.05, 3.63) is 95.9 Å². The van der Waals surface area contributed by atoms with Crippen molar-refractivity contribution in [1.82, 2.24) is 4.72 Å². The highest BCUT2D eigenvalue weighted by molar-refractivity contribution is 7.93. The van der Waals surface area contributed by atoms with Gasteiger partial charge in [0, 0.05) is 0 Å². The number of urea groups is 1. The fourth-order valence-electron chi connectivity index (χ4n) is 2.89. The molecular weight excluding hydrogens is 400 g/mol. The summed E-state index contributed by atoms with van der Waals surface area (Å²) < 4.78 is 32.6. The summed E-state index contributed by atoms with van der Waals surface area (Å²) in [6, 6.07) is 23.9. The first kappa shape index (κ1) is 21.1. The Bertz CT molecular complexity index is 1090. The van der Waals surface area contributed by atoms with E-state index in [1.165, 1.54) is 4.90 Å². The third-order valence-corrected chi connectivity index (χ3v) is 5.46. The number of nitrogens with one attached hydrogen (secondary N) is 1. The zero-order valence-electron chi connectivity index (χ0n) is 16.6. The molecule has 0 aliphatic rings. The molecule has 0 fully saturated rings. The molecule has 0 heterocycles. The third kappa shape index (κ3) is 5.27. The number of amides is 2. The number of carbonyl (C=O) groups is 1. The number of nitrogens with zero attached hydrogens (tertiary/aromatic N) is 1. The Balaban J connectivity index is 1.87. The van der Waals surface area contributed by atoms with Gasteiger partial charge in [-0.15, -0.1) is 0 Å². The summed E-state index contributed by atoms with van der Waals surface area (Å²) in [7, 11) is -2.48. The van der Waals surface area contributed by atoms with Crippen molar-refractivity contribution in [3.8, 4) is 5.75 Å². The van der Waals surface area contributed by atoms with Gasteiger partial charge in [-0.25, -0.2) is 17.9 Å². The van der Waals surface area contributed by atoms with E-state index in [2.05, 4.69) is 4.72 Å². The molecule has 0 aliphatic heterocycles. The summed E-state index contributed by atoms with van der Waals surface area (Å²) in [5.41, 5.74) is 2.29. The van der Waals surface area contributed by atoms with Crippen LogP contribution in [-0.4, -0.2) is 21.6 Å². The van der Waals surface area contributed by atoms with Gasteiger partial charge in [-0.2, -0.15) is 0 Å². The fourth-order valence-corrected chi connectivity index (χ4v) is 3.88. The molecule has 30 heavy (non-hydrogen) atoms. The van der Waals surface area contributed by atoms with Crippen molar-refractivity contribution in [2.75, 3.05) is 12.0 Å². The second kappa shape index (κ2) is 9.28. The van der Waals surface area contributed by atoms with Gasteiger partial charge in [0.25, 0.3) is 10.0 Å². The average molecular weight is 423 g/mol. The molecule has 0 bridgehead atoms. The van der Waals surface area contributed by atoms with Crippen molar-refractivity contribution in [1.29, 1.82) is 0 Å². The maximum Gasteiger partial charge on any atom is 0.340 e. The smallest absolute Gasteiger partial charge is 0.340 e. The van der Waals surface area contributed by atoms with Crippen LogP contribution < -0.4 is 14.4 Å². The van der Waals surface area contributed by atoms with Crippen molar-refractivity contribution in [2.24, 2.45) is 0 Å². The Morgan fingerprint density at radius 2 is 1.37 bits per heavy atom. The number of hydrogen-bond acceptors (Lipinski definition) is 4. The van der Waals surface area contributed by atoms with Gasteiger partial charge in [-0.1, -0.05) is 48.5 Å². The number of benzene rings is 3. The molecule has 2 amide bonds. The maximum atomic E-state index is 13.0. The monoisotopic (exact) mass is 422 g/mol. The lowest BCUT2D eigenvalue weighted by Gasteiger charge is -2.23. The van der Waals surface area contributed by atoms with Gasteiger partial charge in [-0.05, 0) is 54.5 Å². The van der Waals surface area contributed by atoms with Crippen LogP contribution in [0, 0.1) is 0 Å². The van der Waals surface area contributed by atoms with Crippen LogP contribution in [0.25, 0.3) is 5.57 Å². The molecule has 7 heteroatoms. The van der Waals surface area contributed by atoms with Crippen molar-refractivity contribution in [3.63, 3.8) is 0 Å². The Hall–Kier alpha value is -3.58. The van der Waals surface area contributed by atoms with Gasteiger partial charge in [0.15, 0.2) is 0 Å². The molecule has 6 nitrogen and oxygen atoms in total. The average Bonchev–Trinajstić information content (AvgIpc) is 2.74. The van der Waals surface area contributed by atoms with Crippen LogP contribution >= 0.6 is 0 Å². The molecule has 3 aromatic rings. The van der Waals surface area contributed by atoms with Crippen LogP contribution in [0.15, 0.2) is 90.3 Å². The fraction of sp³-hybridized carbons (Fsp3) is 0.0870. The van der Waals surface area contributed by atoms with Gasteiger partial charge in [0.1, 0.15) is 5.75 Å². The minimum absolute atomic E-state index is 0.490. The summed E-state index contributed by atoms with van der Waals surface area (Å²) >= 11 is 0. The Kier molecular flexibility index (Phi) is 6.54. The lowest BCUT2D eigenvalue weighted by atomic mass is 10.1. The number of carbonyl (C=O) groups excluding carboxylic acids is 1. The van der Waals surface area contributed by atoms with E-state index < -0.39 is 16.1 Å². The second-order valence-electron chi connectivity index (χ2n) is 6.49. The van der Waals surface area contributed by atoms with E-state index in [0.717, 1.165) is 5.41 Å². The SMILES string of the molecule is COc1ccc(C(C)=CS(=O)(=O)NC(=O)N(c2ccccc2)c2ccccc2)cc1. The molecule has 0 saturated carbocycles.